The van der Waals surface area contributed by atoms with Gasteiger partial charge in [0.15, 0.2) is 0 Å². The second-order valence-electron chi connectivity index (χ2n) is 5.88. The molecule has 2 unspecified atom stereocenters. The van der Waals surface area contributed by atoms with Crippen LogP contribution in [0.15, 0.2) is 42.5 Å². The van der Waals surface area contributed by atoms with E-state index in [0.717, 1.165) is 23.6 Å². The summed E-state index contributed by atoms with van der Waals surface area (Å²) in [6, 6.07) is 15.1. The van der Waals surface area contributed by atoms with Crippen molar-refractivity contribution in [1.82, 2.24) is 4.90 Å². The maximum absolute atomic E-state index is 6.35. The van der Waals surface area contributed by atoms with Gasteiger partial charge in [0.1, 0.15) is 0 Å². The molecule has 0 heterocycles. The Morgan fingerprint density at radius 3 is 2.76 bits per heavy atom. The van der Waals surface area contributed by atoms with Crippen molar-refractivity contribution >= 4 is 17.3 Å². The zero-order valence-corrected chi connectivity index (χ0v) is 13.3. The highest BCUT2D eigenvalue weighted by molar-refractivity contribution is 6.31. The molecule has 2 nitrogen and oxygen atoms in total. The summed E-state index contributed by atoms with van der Waals surface area (Å²) in [5, 5.41) is 0.840. The Balaban J connectivity index is 1.87. The van der Waals surface area contributed by atoms with Gasteiger partial charge < -0.3 is 5.73 Å². The predicted octanol–water partition coefficient (Wildman–Crippen LogP) is 4.60. The Morgan fingerprint density at radius 1 is 1.24 bits per heavy atom. The third-order valence-electron chi connectivity index (χ3n) is 4.67. The number of nitrogen functional groups attached to an aromatic ring is 1. The zero-order chi connectivity index (χ0) is 15.0. The minimum absolute atomic E-state index is 0.284. The lowest BCUT2D eigenvalue weighted by molar-refractivity contribution is 0.185. The molecule has 3 heteroatoms. The normalized spacial score (nSPS) is 18.8. The van der Waals surface area contributed by atoms with Crippen LogP contribution >= 0.6 is 11.6 Å². The number of fused-ring (bicyclic) bond motifs is 1. The number of hydrogen-bond donors (Lipinski definition) is 1. The van der Waals surface area contributed by atoms with Crippen LogP contribution in [0.4, 0.5) is 5.69 Å². The van der Waals surface area contributed by atoms with Crippen molar-refractivity contribution in [2.45, 2.75) is 31.8 Å². The molecule has 1 aliphatic rings. The van der Waals surface area contributed by atoms with Crippen LogP contribution in [0.3, 0.4) is 0 Å². The Kier molecular flexibility index (Phi) is 3.92. The van der Waals surface area contributed by atoms with Crippen molar-refractivity contribution < 1.29 is 0 Å². The topological polar surface area (TPSA) is 29.3 Å². The Bertz CT molecular complexity index is 653. The number of nitrogens with two attached hydrogens (primary N) is 1. The maximum atomic E-state index is 6.35. The van der Waals surface area contributed by atoms with Crippen molar-refractivity contribution in [1.29, 1.82) is 0 Å². The molecule has 0 aromatic heterocycles. The monoisotopic (exact) mass is 300 g/mol. The van der Waals surface area contributed by atoms with Gasteiger partial charge >= 0.3 is 0 Å². The van der Waals surface area contributed by atoms with Crippen molar-refractivity contribution in [2.24, 2.45) is 0 Å². The zero-order valence-electron chi connectivity index (χ0n) is 12.5. The second kappa shape index (κ2) is 5.70. The van der Waals surface area contributed by atoms with E-state index in [1.807, 2.05) is 18.2 Å². The minimum Gasteiger partial charge on any atom is -0.399 e. The summed E-state index contributed by atoms with van der Waals surface area (Å²) in [6.07, 6.45) is 2.24. The van der Waals surface area contributed by atoms with E-state index in [0.29, 0.717) is 6.04 Å². The Morgan fingerprint density at radius 2 is 2.00 bits per heavy atom. The molecule has 0 fully saturated rings. The van der Waals surface area contributed by atoms with Gasteiger partial charge in [0.25, 0.3) is 0 Å². The summed E-state index contributed by atoms with van der Waals surface area (Å²) >= 11 is 6.35. The lowest BCUT2D eigenvalue weighted by Crippen LogP contribution is -2.26. The van der Waals surface area contributed by atoms with Crippen LogP contribution in [0.25, 0.3) is 0 Å². The SMILES string of the molecule is CC(c1ccccc1Cl)N(C)C1CCc2cc(N)ccc21. The van der Waals surface area contributed by atoms with E-state index in [-0.39, 0.29) is 6.04 Å². The van der Waals surface area contributed by atoms with Crippen molar-refractivity contribution in [2.75, 3.05) is 12.8 Å². The number of benzene rings is 2. The van der Waals surface area contributed by atoms with Gasteiger partial charge in [0, 0.05) is 22.8 Å². The number of rotatable bonds is 3. The first-order valence-corrected chi connectivity index (χ1v) is 7.80. The molecule has 0 radical (unpaired) electrons. The van der Waals surface area contributed by atoms with Crippen LogP contribution in [0.1, 0.15) is 42.1 Å². The fourth-order valence-electron chi connectivity index (χ4n) is 3.34. The molecule has 2 aromatic carbocycles. The Hall–Kier alpha value is -1.51. The van der Waals surface area contributed by atoms with E-state index < -0.39 is 0 Å². The summed E-state index contributed by atoms with van der Waals surface area (Å²) < 4.78 is 0. The number of halogens is 1. The van der Waals surface area contributed by atoms with Gasteiger partial charge in [-0.1, -0.05) is 35.9 Å². The van der Waals surface area contributed by atoms with E-state index in [1.165, 1.54) is 16.7 Å². The van der Waals surface area contributed by atoms with Gasteiger partial charge in [0.05, 0.1) is 0 Å². The molecule has 3 rings (SSSR count). The number of nitrogens with zero attached hydrogens (tertiary/aromatic N) is 1. The summed E-state index contributed by atoms with van der Waals surface area (Å²) in [4.78, 5) is 2.42. The maximum Gasteiger partial charge on any atom is 0.0453 e. The highest BCUT2D eigenvalue weighted by Crippen LogP contribution is 2.40. The first kappa shape index (κ1) is 14.4. The van der Waals surface area contributed by atoms with E-state index in [9.17, 15) is 0 Å². The van der Waals surface area contributed by atoms with Crippen LogP contribution in [0.2, 0.25) is 5.02 Å². The average molecular weight is 301 g/mol. The van der Waals surface area contributed by atoms with Crippen LogP contribution in [0.5, 0.6) is 0 Å². The average Bonchev–Trinajstić information content (AvgIpc) is 2.89. The highest BCUT2D eigenvalue weighted by atomic mass is 35.5. The van der Waals surface area contributed by atoms with Crippen molar-refractivity contribution in [3.63, 3.8) is 0 Å². The van der Waals surface area contributed by atoms with E-state index >= 15 is 0 Å². The lowest BCUT2D eigenvalue weighted by atomic mass is 10.0. The third kappa shape index (κ3) is 2.66. The van der Waals surface area contributed by atoms with Crippen LogP contribution in [-0.4, -0.2) is 11.9 Å². The van der Waals surface area contributed by atoms with Gasteiger partial charge in [0.2, 0.25) is 0 Å². The molecule has 2 aromatic rings. The highest BCUT2D eigenvalue weighted by Gasteiger charge is 2.29. The quantitative estimate of drug-likeness (QED) is 0.839. The molecule has 21 heavy (non-hydrogen) atoms. The predicted molar refractivity (Wildman–Crippen MR) is 89.5 cm³/mol. The summed E-state index contributed by atoms with van der Waals surface area (Å²) in [5.41, 5.74) is 10.7. The van der Waals surface area contributed by atoms with Crippen LogP contribution in [0, 0.1) is 0 Å². The molecular formula is C18H21ClN2. The largest absolute Gasteiger partial charge is 0.399 e. The molecule has 0 saturated heterocycles. The molecule has 2 N–H and O–H groups in total. The number of hydrogen-bond acceptors (Lipinski definition) is 2. The first-order chi connectivity index (χ1) is 10.1. The van der Waals surface area contributed by atoms with Crippen molar-refractivity contribution in [3.05, 3.63) is 64.2 Å². The van der Waals surface area contributed by atoms with E-state index in [4.69, 9.17) is 17.3 Å². The summed E-state index contributed by atoms with van der Waals surface area (Å²) in [6.45, 7) is 2.22. The van der Waals surface area contributed by atoms with Gasteiger partial charge in [-0.2, -0.15) is 0 Å². The number of anilines is 1. The minimum atomic E-state index is 0.284. The van der Waals surface area contributed by atoms with Crippen LogP contribution in [-0.2, 0) is 6.42 Å². The molecule has 110 valence electrons. The molecular weight excluding hydrogens is 280 g/mol. The standard InChI is InChI=1S/C18H21ClN2/c1-12(15-5-3-4-6-17(15)19)21(2)18-10-7-13-11-14(20)8-9-16(13)18/h3-6,8-9,11-12,18H,7,10,20H2,1-2H3. The molecule has 0 saturated carbocycles. The van der Waals surface area contributed by atoms with E-state index in [1.54, 1.807) is 0 Å². The van der Waals surface area contributed by atoms with Crippen molar-refractivity contribution in [3.8, 4) is 0 Å². The third-order valence-corrected chi connectivity index (χ3v) is 5.02. The molecule has 0 amide bonds. The fraction of sp³-hybridized carbons (Fsp3) is 0.333. The molecule has 0 aliphatic heterocycles. The fourth-order valence-corrected chi connectivity index (χ4v) is 3.63. The molecule has 0 spiro atoms. The second-order valence-corrected chi connectivity index (χ2v) is 6.28. The first-order valence-electron chi connectivity index (χ1n) is 7.42. The summed E-state index contributed by atoms with van der Waals surface area (Å²) in [5.74, 6) is 0. The van der Waals surface area contributed by atoms with Gasteiger partial charge in [-0.3, -0.25) is 4.90 Å². The van der Waals surface area contributed by atoms with Gasteiger partial charge in [-0.05, 0) is 61.7 Å². The molecule has 0 bridgehead atoms. The number of aryl methyl sites for hydroxylation is 1. The Labute approximate surface area is 131 Å². The van der Waals surface area contributed by atoms with Gasteiger partial charge in [-0.25, -0.2) is 0 Å². The summed E-state index contributed by atoms with van der Waals surface area (Å²) in [7, 11) is 2.18. The smallest absolute Gasteiger partial charge is 0.0453 e. The molecule has 2 atom stereocenters. The molecule has 1 aliphatic carbocycles. The van der Waals surface area contributed by atoms with E-state index in [2.05, 4.69) is 43.1 Å². The lowest BCUT2D eigenvalue weighted by Gasteiger charge is -2.32. The van der Waals surface area contributed by atoms with Gasteiger partial charge in [-0.15, -0.1) is 0 Å². The van der Waals surface area contributed by atoms with Crippen LogP contribution < -0.4 is 5.73 Å².